The molecule has 11 nitrogen and oxygen atoms in total. The summed E-state index contributed by atoms with van der Waals surface area (Å²) >= 11 is 0. The summed E-state index contributed by atoms with van der Waals surface area (Å²) in [5.74, 6) is -8.72. The van der Waals surface area contributed by atoms with E-state index >= 15 is 0 Å². The van der Waals surface area contributed by atoms with Crippen molar-refractivity contribution in [3.05, 3.63) is 0 Å². The second-order valence-corrected chi connectivity index (χ2v) is 3.66. The van der Waals surface area contributed by atoms with Gasteiger partial charge in [-0.25, -0.2) is 0 Å². The normalized spacial score (nSPS) is 9.50. The van der Waals surface area contributed by atoms with Gasteiger partial charge in [0.1, 0.15) is 5.60 Å². The smallest absolute Gasteiger partial charge is 0.550 e. The fourth-order valence-corrected chi connectivity index (χ4v) is 0.889. The molecule has 0 aliphatic rings. The minimum atomic E-state index is -2.97. The number of rotatable bonds is 8. The third-order valence-electron chi connectivity index (χ3n) is 1.79. The van der Waals surface area contributed by atoms with Gasteiger partial charge in [0.15, 0.2) is 0 Å². The first-order valence-corrected chi connectivity index (χ1v) is 5.14. The van der Waals surface area contributed by atoms with Gasteiger partial charge in [0.05, 0.1) is 5.97 Å². The summed E-state index contributed by atoms with van der Waals surface area (Å²) < 4.78 is 0. The molecule has 0 saturated carbocycles. The summed E-state index contributed by atoms with van der Waals surface area (Å²) in [6.45, 7) is 0. The van der Waals surface area contributed by atoms with Crippen molar-refractivity contribution in [2.24, 2.45) is 0 Å². The van der Waals surface area contributed by atoms with Crippen LogP contribution in [0.3, 0.4) is 0 Å². The molecular weight excluding hydrogens is 352 g/mol. The van der Waals surface area contributed by atoms with E-state index in [1.807, 2.05) is 0 Å². The largest absolute Gasteiger partial charge is 5.00 e. The second kappa shape index (κ2) is 11.5. The zero-order valence-corrected chi connectivity index (χ0v) is 11.8. The molecule has 22 heavy (non-hydrogen) atoms. The van der Waals surface area contributed by atoms with Crippen LogP contribution in [-0.4, -0.2) is 40.6 Å². The number of aliphatic hydroxyl groups is 1. The van der Waals surface area contributed by atoms with Crippen molar-refractivity contribution < 1.29 is 71.7 Å². The molecule has 1 N–H and O–H groups in total. The first-order chi connectivity index (χ1) is 9.40. The fraction of sp³-hybridized carbons (Fsp3) is 0.500. The monoisotopic (exact) mass is 361 g/mol. The summed E-state index contributed by atoms with van der Waals surface area (Å²) in [6.07, 6.45) is -3.66. The van der Waals surface area contributed by atoms with Crippen LogP contribution < -0.4 is 25.5 Å². The van der Waals surface area contributed by atoms with Crippen molar-refractivity contribution in [2.45, 2.75) is 31.3 Å². The molecule has 0 spiro atoms. The molecule has 1 radical (unpaired) electrons. The molecule has 0 fully saturated rings. The Labute approximate surface area is 133 Å². The van der Waals surface area contributed by atoms with Crippen LogP contribution in [0.5, 0.6) is 0 Å². The van der Waals surface area contributed by atoms with E-state index < -0.39 is 61.1 Å². The van der Waals surface area contributed by atoms with Gasteiger partial charge in [0.25, 0.3) is 0 Å². The van der Waals surface area contributed by atoms with Crippen LogP contribution in [0.1, 0.15) is 25.7 Å². The molecule has 0 amide bonds. The van der Waals surface area contributed by atoms with Gasteiger partial charge in [0.2, 0.25) is 0 Å². The van der Waals surface area contributed by atoms with Crippen molar-refractivity contribution in [3.63, 3.8) is 0 Å². The molecule has 0 aromatic rings. The predicted octanol–water partition coefficient (Wildman–Crippen LogP) is -7.99. The number of hydrogen-bond acceptors (Lipinski definition) is 11. The Bertz CT molecular complexity index is 401. The van der Waals surface area contributed by atoms with Crippen LogP contribution in [0, 0.1) is 0 Å². The summed E-state index contributed by atoms with van der Waals surface area (Å²) in [6, 6.07) is 0. The molecule has 12 heteroatoms. The second-order valence-electron chi connectivity index (χ2n) is 3.66. The van der Waals surface area contributed by atoms with Crippen LogP contribution in [-0.2, 0) is 41.0 Å². The maximum atomic E-state index is 10.1. The summed E-state index contributed by atoms with van der Waals surface area (Å²) in [5, 5.41) is 57.9. The molecule has 123 valence electrons. The van der Waals surface area contributed by atoms with Gasteiger partial charge in [-0.3, -0.25) is 0 Å². The predicted molar refractivity (Wildman–Crippen MR) is 48.5 cm³/mol. The fourth-order valence-electron chi connectivity index (χ4n) is 0.889. The van der Waals surface area contributed by atoms with E-state index in [1.54, 1.807) is 0 Å². The number of aliphatic carboxylic acids is 5. The third-order valence-corrected chi connectivity index (χ3v) is 1.79. The molecule has 0 aliphatic heterocycles. The molecule has 0 aliphatic carbocycles. The molecule has 0 unspecified atom stereocenters. The van der Waals surface area contributed by atoms with Gasteiger partial charge in [-0.1, -0.05) is 0 Å². The molecular formula is C10H9FeO11. The van der Waals surface area contributed by atoms with Crippen molar-refractivity contribution in [1.29, 1.82) is 0 Å². The molecule has 0 rings (SSSR count). The average molecular weight is 361 g/mol. The van der Waals surface area contributed by atoms with Crippen molar-refractivity contribution in [2.75, 3.05) is 0 Å². The van der Waals surface area contributed by atoms with Crippen LogP contribution in [0.15, 0.2) is 0 Å². The minimum Gasteiger partial charge on any atom is -0.550 e. The molecule has 0 aromatic carbocycles. The number of carbonyl (C=O) groups is 5. The van der Waals surface area contributed by atoms with Crippen molar-refractivity contribution >= 4 is 29.8 Å². The number of carboxylic acids is 5. The van der Waals surface area contributed by atoms with Crippen LogP contribution >= 0.6 is 0 Å². The Hall–Kier alpha value is -2.17. The molecule has 0 aromatic heterocycles. The van der Waals surface area contributed by atoms with Gasteiger partial charge in [-0.15, -0.1) is 0 Å². The van der Waals surface area contributed by atoms with Crippen LogP contribution in [0.25, 0.3) is 0 Å². The van der Waals surface area contributed by atoms with Gasteiger partial charge >= 0.3 is 17.1 Å². The number of hydrogen-bond donors (Lipinski definition) is 1. The third kappa shape index (κ3) is 14.2. The topological polar surface area (TPSA) is 221 Å². The SMILES string of the molecule is O=C([O-])CC(O)(CC(=O)[O-])C(=O)[O-].O=C([O-])CCC(=O)[O-].[Fe+5]. The summed E-state index contributed by atoms with van der Waals surface area (Å²) in [4.78, 5) is 49.0. The Balaban J connectivity index is -0.000000348. The average Bonchev–Trinajstić information content (AvgIpc) is 2.24. The summed E-state index contributed by atoms with van der Waals surface area (Å²) in [7, 11) is 0. The molecule has 0 saturated heterocycles. The first kappa shape index (κ1) is 24.8. The van der Waals surface area contributed by atoms with Crippen LogP contribution in [0.2, 0.25) is 0 Å². The van der Waals surface area contributed by atoms with Gasteiger partial charge in [-0.2, -0.15) is 0 Å². The number of carbonyl (C=O) groups excluding carboxylic acids is 5. The van der Waals surface area contributed by atoms with E-state index in [9.17, 15) is 49.5 Å². The van der Waals surface area contributed by atoms with Crippen LogP contribution in [0.4, 0.5) is 0 Å². The van der Waals surface area contributed by atoms with E-state index in [1.165, 1.54) is 0 Å². The van der Waals surface area contributed by atoms with E-state index in [2.05, 4.69) is 0 Å². The van der Waals surface area contributed by atoms with E-state index in [0.29, 0.717) is 0 Å². The first-order valence-electron chi connectivity index (χ1n) is 5.14. The summed E-state index contributed by atoms with van der Waals surface area (Å²) in [5.41, 5.74) is -2.97. The van der Waals surface area contributed by atoms with E-state index in [-0.39, 0.29) is 17.1 Å². The van der Waals surface area contributed by atoms with Gasteiger partial charge in [0, 0.05) is 36.7 Å². The van der Waals surface area contributed by atoms with Crippen molar-refractivity contribution in [1.82, 2.24) is 0 Å². The Morgan fingerprint density at radius 1 is 0.682 bits per heavy atom. The number of carboxylic acid groups (broad SMARTS) is 5. The quantitative estimate of drug-likeness (QED) is 0.400. The zero-order valence-electron chi connectivity index (χ0n) is 10.7. The maximum absolute atomic E-state index is 10.1. The Kier molecular flexibility index (Phi) is 13.0. The van der Waals surface area contributed by atoms with Gasteiger partial charge in [-0.05, 0) is 12.8 Å². The minimum absolute atomic E-state index is 0. The molecule has 0 heterocycles. The van der Waals surface area contributed by atoms with E-state index in [0.717, 1.165) is 0 Å². The van der Waals surface area contributed by atoms with E-state index in [4.69, 9.17) is 5.11 Å². The Morgan fingerprint density at radius 2 is 0.955 bits per heavy atom. The molecule has 0 bridgehead atoms. The molecule has 0 atom stereocenters. The zero-order chi connectivity index (χ0) is 17.2. The standard InChI is InChI=1S/C6H8O7.C4H6O4.Fe/c7-3(8)1-6(13,5(11)12)2-4(9)10;5-3(6)1-2-4(7)8;/h13H,1-2H2,(H,7,8)(H,9,10)(H,11,12);1-2H2,(H,5,6)(H,7,8);/q;;+5/p-5. The van der Waals surface area contributed by atoms with Gasteiger partial charge < -0.3 is 54.6 Å². The van der Waals surface area contributed by atoms with Crippen molar-refractivity contribution in [3.8, 4) is 0 Å². The Morgan fingerprint density at radius 3 is 1.09 bits per heavy atom. The maximum Gasteiger partial charge on any atom is 5.00 e.